The number of nitrogens with one attached hydrogen (secondary N) is 1. The van der Waals surface area contributed by atoms with Crippen molar-refractivity contribution in [3.8, 4) is 10.4 Å². The van der Waals surface area contributed by atoms with E-state index < -0.39 is 11.7 Å². The van der Waals surface area contributed by atoms with E-state index in [0.29, 0.717) is 18.5 Å². The highest BCUT2D eigenvalue weighted by Crippen LogP contribution is 2.38. The van der Waals surface area contributed by atoms with E-state index >= 15 is 0 Å². The van der Waals surface area contributed by atoms with E-state index in [1.54, 1.807) is 11.3 Å². The first kappa shape index (κ1) is 24.5. The predicted octanol–water partition coefficient (Wildman–Crippen LogP) is 5.38. The van der Waals surface area contributed by atoms with E-state index in [0.717, 1.165) is 46.8 Å². The van der Waals surface area contributed by atoms with Gasteiger partial charge in [-0.25, -0.2) is 9.78 Å². The maximum atomic E-state index is 12.3. The number of carbonyl (C=O) groups is 1. The molecule has 1 unspecified atom stereocenters. The number of amides is 1. The SMILES string of the molecule is Cc1ncsc1-c1ccc(CNC(=O)OC(C)(C)C)c(N(CC(CO)C(C)C)C2CC2)c1. The molecule has 1 aliphatic rings. The van der Waals surface area contributed by atoms with Gasteiger partial charge < -0.3 is 20.1 Å². The fourth-order valence-corrected chi connectivity index (χ4v) is 4.55. The normalized spacial score (nSPS) is 15.0. The molecular weight excluding hydrogens is 422 g/mol. The minimum atomic E-state index is -0.536. The molecule has 1 heterocycles. The number of aryl methyl sites for hydroxylation is 1. The maximum absolute atomic E-state index is 12.3. The molecular formula is C25H37N3O3S. The van der Waals surface area contributed by atoms with Gasteiger partial charge in [-0.05, 0) is 63.6 Å². The van der Waals surface area contributed by atoms with Crippen LogP contribution in [0.3, 0.4) is 0 Å². The minimum absolute atomic E-state index is 0.167. The number of aliphatic hydroxyl groups excluding tert-OH is 1. The molecule has 2 aromatic rings. The first-order valence-corrected chi connectivity index (χ1v) is 12.3. The van der Waals surface area contributed by atoms with Crippen LogP contribution in [0.2, 0.25) is 0 Å². The van der Waals surface area contributed by atoms with Crippen molar-refractivity contribution in [1.82, 2.24) is 10.3 Å². The third-order valence-electron chi connectivity index (χ3n) is 5.82. The van der Waals surface area contributed by atoms with Gasteiger partial charge >= 0.3 is 6.09 Å². The second-order valence-electron chi connectivity index (χ2n) is 10.0. The fourth-order valence-electron chi connectivity index (χ4n) is 3.74. The number of thiazole rings is 1. The van der Waals surface area contributed by atoms with Gasteiger partial charge in [0.1, 0.15) is 5.60 Å². The van der Waals surface area contributed by atoms with Gasteiger partial charge in [-0.1, -0.05) is 26.0 Å². The Labute approximate surface area is 196 Å². The molecule has 1 amide bonds. The first-order chi connectivity index (χ1) is 15.1. The number of nitrogens with zero attached hydrogens (tertiary/aromatic N) is 2. The van der Waals surface area contributed by atoms with Gasteiger partial charge in [0.25, 0.3) is 0 Å². The van der Waals surface area contributed by atoms with Crippen molar-refractivity contribution in [3.05, 3.63) is 35.0 Å². The Morgan fingerprint density at radius 3 is 2.59 bits per heavy atom. The quantitative estimate of drug-likeness (QED) is 0.527. The zero-order chi connectivity index (χ0) is 23.5. The summed E-state index contributed by atoms with van der Waals surface area (Å²) in [7, 11) is 0. The number of alkyl carbamates (subject to hydrolysis) is 1. The largest absolute Gasteiger partial charge is 0.444 e. The lowest BCUT2D eigenvalue weighted by atomic mass is 9.95. The summed E-state index contributed by atoms with van der Waals surface area (Å²) < 4.78 is 5.43. The van der Waals surface area contributed by atoms with Crippen LogP contribution in [0.4, 0.5) is 10.5 Å². The van der Waals surface area contributed by atoms with Crippen molar-refractivity contribution >= 4 is 23.1 Å². The molecule has 0 radical (unpaired) electrons. The molecule has 6 nitrogen and oxygen atoms in total. The molecule has 0 spiro atoms. The molecule has 2 N–H and O–H groups in total. The lowest BCUT2D eigenvalue weighted by Crippen LogP contribution is -2.37. The van der Waals surface area contributed by atoms with Crippen LogP contribution in [-0.2, 0) is 11.3 Å². The smallest absolute Gasteiger partial charge is 0.407 e. The Morgan fingerprint density at radius 2 is 2.06 bits per heavy atom. The third kappa shape index (κ3) is 6.45. The van der Waals surface area contributed by atoms with Gasteiger partial charge in [0.2, 0.25) is 0 Å². The summed E-state index contributed by atoms with van der Waals surface area (Å²) in [5.41, 5.74) is 5.67. The number of aromatic nitrogens is 1. The summed E-state index contributed by atoms with van der Waals surface area (Å²) in [4.78, 5) is 20.3. The summed E-state index contributed by atoms with van der Waals surface area (Å²) in [6, 6.07) is 6.90. The number of hydrogen-bond donors (Lipinski definition) is 2. The van der Waals surface area contributed by atoms with Crippen LogP contribution in [0.1, 0.15) is 58.7 Å². The Balaban J connectivity index is 1.93. The van der Waals surface area contributed by atoms with Crippen LogP contribution in [0, 0.1) is 18.8 Å². The van der Waals surface area contributed by atoms with Crippen molar-refractivity contribution in [2.75, 3.05) is 18.1 Å². The highest BCUT2D eigenvalue weighted by atomic mass is 32.1. The summed E-state index contributed by atoms with van der Waals surface area (Å²) in [5.74, 6) is 0.576. The van der Waals surface area contributed by atoms with Gasteiger partial charge in [0.15, 0.2) is 0 Å². The fraction of sp³-hybridized carbons (Fsp3) is 0.600. The van der Waals surface area contributed by atoms with Crippen LogP contribution in [-0.4, -0.2) is 41.0 Å². The second-order valence-corrected chi connectivity index (χ2v) is 10.9. The van der Waals surface area contributed by atoms with Gasteiger partial charge in [-0.15, -0.1) is 11.3 Å². The summed E-state index contributed by atoms with van der Waals surface area (Å²) >= 11 is 1.64. The Bertz CT molecular complexity index is 915. The van der Waals surface area contributed by atoms with E-state index in [2.05, 4.69) is 47.2 Å². The molecule has 32 heavy (non-hydrogen) atoms. The highest BCUT2D eigenvalue weighted by Gasteiger charge is 2.33. The van der Waals surface area contributed by atoms with E-state index in [9.17, 15) is 9.90 Å². The molecule has 1 atom stereocenters. The number of ether oxygens (including phenoxy) is 1. The van der Waals surface area contributed by atoms with E-state index in [1.807, 2.05) is 33.2 Å². The average Bonchev–Trinajstić information content (AvgIpc) is 3.46. The predicted molar refractivity (Wildman–Crippen MR) is 131 cm³/mol. The van der Waals surface area contributed by atoms with Crippen molar-refractivity contribution in [2.24, 2.45) is 11.8 Å². The monoisotopic (exact) mass is 459 g/mol. The molecule has 1 aromatic heterocycles. The second kappa shape index (κ2) is 10.2. The van der Waals surface area contributed by atoms with Crippen molar-refractivity contribution in [1.29, 1.82) is 0 Å². The number of benzene rings is 1. The minimum Gasteiger partial charge on any atom is -0.444 e. The maximum Gasteiger partial charge on any atom is 0.407 e. The Kier molecular flexibility index (Phi) is 7.83. The molecule has 1 saturated carbocycles. The van der Waals surface area contributed by atoms with Crippen LogP contribution in [0.15, 0.2) is 23.7 Å². The van der Waals surface area contributed by atoms with E-state index in [-0.39, 0.29) is 12.5 Å². The highest BCUT2D eigenvalue weighted by molar-refractivity contribution is 7.13. The molecule has 176 valence electrons. The molecule has 1 aliphatic carbocycles. The van der Waals surface area contributed by atoms with Crippen LogP contribution in [0.25, 0.3) is 10.4 Å². The lowest BCUT2D eigenvalue weighted by molar-refractivity contribution is 0.0523. The van der Waals surface area contributed by atoms with E-state index in [4.69, 9.17) is 4.74 Å². The van der Waals surface area contributed by atoms with E-state index in [1.165, 1.54) is 0 Å². The lowest BCUT2D eigenvalue weighted by Gasteiger charge is -2.32. The first-order valence-electron chi connectivity index (χ1n) is 11.5. The molecule has 1 fully saturated rings. The number of carbonyl (C=O) groups excluding carboxylic acids is 1. The van der Waals surface area contributed by atoms with Crippen molar-refractivity contribution in [2.45, 2.75) is 72.6 Å². The molecule has 0 saturated heterocycles. The number of aliphatic hydroxyl groups is 1. The Morgan fingerprint density at radius 1 is 1.34 bits per heavy atom. The van der Waals surface area contributed by atoms with Crippen molar-refractivity contribution < 1.29 is 14.6 Å². The van der Waals surface area contributed by atoms with Gasteiger partial charge in [-0.2, -0.15) is 0 Å². The summed E-state index contributed by atoms with van der Waals surface area (Å²) in [6.07, 6.45) is 1.89. The van der Waals surface area contributed by atoms with Crippen molar-refractivity contribution in [3.63, 3.8) is 0 Å². The zero-order valence-corrected chi connectivity index (χ0v) is 21.0. The Hall–Kier alpha value is -2.12. The van der Waals surface area contributed by atoms with Gasteiger partial charge in [0.05, 0.1) is 16.1 Å². The number of anilines is 1. The molecule has 7 heteroatoms. The zero-order valence-electron chi connectivity index (χ0n) is 20.1. The number of hydrogen-bond acceptors (Lipinski definition) is 6. The summed E-state index contributed by atoms with van der Waals surface area (Å²) in [5, 5.41) is 12.9. The average molecular weight is 460 g/mol. The number of rotatable bonds is 9. The molecule has 3 rings (SSSR count). The van der Waals surface area contributed by atoms with Crippen LogP contribution < -0.4 is 10.2 Å². The third-order valence-corrected chi connectivity index (χ3v) is 6.80. The molecule has 0 aliphatic heterocycles. The van der Waals surface area contributed by atoms with Gasteiger partial charge in [-0.3, -0.25) is 0 Å². The van der Waals surface area contributed by atoms with Crippen LogP contribution >= 0.6 is 11.3 Å². The summed E-state index contributed by atoms with van der Waals surface area (Å²) in [6.45, 7) is 13.3. The topological polar surface area (TPSA) is 74.7 Å². The molecule has 0 bridgehead atoms. The molecule has 1 aromatic carbocycles. The van der Waals surface area contributed by atoms with Gasteiger partial charge in [0, 0.05) is 37.3 Å². The van der Waals surface area contributed by atoms with Crippen LogP contribution in [0.5, 0.6) is 0 Å². The standard InChI is InChI=1S/C25H37N3O3S/c1-16(2)20(14-29)13-28(21-9-10-21)22-11-18(23-17(3)27-15-32-23)7-8-19(22)12-26-24(30)31-25(4,5)6/h7-8,11,15-16,20-21,29H,9-10,12-14H2,1-6H3,(H,26,30).